The van der Waals surface area contributed by atoms with Crippen LogP contribution in [-0.2, 0) is 9.53 Å². The molecule has 0 radical (unpaired) electrons. The minimum Gasteiger partial charge on any atom is -0.381 e. The zero-order valence-electron chi connectivity index (χ0n) is 14.2. The molecule has 2 saturated heterocycles. The molecule has 1 aromatic carbocycles. The van der Waals surface area contributed by atoms with Gasteiger partial charge in [0.1, 0.15) is 0 Å². The topological polar surface area (TPSA) is 75.9 Å². The maximum absolute atomic E-state index is 12.7. The molecule has 0 saturated carbocycles. The van der Waals surface area contributed by atoms with Gasteiger partial charge < -0.3 is 20.3 Å². The second-order valence-electron chi connectivity index (χ2n) is 6.45. The summed E-state index contributed by atoms with van der Waals surface area (Å²) in [6.07, 6.45) is 1.06. The summed E-state index contributed by atoms with van der Waals surface area (Å²) in [6.45, 7) is 2.77. The van der Waals surface area contributed by atoms with Crippen LogP contribution in [0.5, 0.6) is 0 Å². The third-order valence-electron chi connectivity index (χ3n) is 4.84. The zero-order chi connectivity index (χ0) is 18.0. The van der Waals surface area contributed by atoms with Crippen LogP contribution >= 0.6 is 35.6 Å². The Kier molecular flexibility index (Phi) is 7.16. The fourth-order valence-electron chi connectivity index (χ4n) is 3.24. The van der Waals surface area contributed by atoms with Gasteiger partial charge in [-0.25, -0.2) is 0 Å². The summed E-state index contributed by atoms with van der Waals surface area (Å²) in [4.78, 5) is 28.8. The molecule has 0 aromatic heterocycles. The number of nitrogens with zero attached hydrogens (tertiary/aromatic N) is 2. The van der Waals surface area contributed by atoms with Crippen molar-refractivity contribution in [3.63, 3.8) is 0 Å². The fraction of sp³-hybridized carbons (Fsp3) is 0.529. The predicted octanol–water partition coefficient (Wildman–Crippen LogP) is 2.21. The molecule has 0 bridgehead atoms. The van der Waals surface area contributed by atoms with Crippen molar-refractivity contribution in [2.75, 3.05) is 39.4 Å². The van der Waals surface area contributed by atoms with Crippen molar-refractivity contribution >= 4 is 47.4 Å². The SMILES string of the molecule is Cl.NC1(C(=O)N2CCN(C(=O)c3c(Cl)cccc3Cl)CC2)CCOCC1. The largest absolute Gasteiger partial charge is 0.381 e. The average Bonchev–Trinajstić information content (AvgIpc) is 2.61. The molecule has 2 amide bonds. The van der Waals surface area contributed by atoms with E-state index in [2.05, 4.69) is 0 Å². The van der Waals surface area contributed by atoms with Crippen LogP contribution in [0.15, 0.2) is 18.2 Å². The van der Waals surface area contributed by atoms with Crippen molar-refractivity contribution < 1.29 is 14.3 Å². The number of benzene rings is 1. The molecule has 2 aliphatic heterocycles. The lowest BCUT2D eigenvalue weighted by Gasteiger charge is -2.41. The van der Waals surface area contributed by atoms with E-state index in [1.165, 1.54) is 0 Å². The summed E-state index contributed by atoms with van der Waals surface area (Å²) in [5.74, 6) is -0.269. The summed E-state index contributed by atoms with van der Waals surface area (Å²) in [6, 6.07) is 4.99. The lowest BCUT2D eigenvalue weighted by atomic mass is 9.89. The fourth-order valence-corrected chi connectivity index (χ4v) is 3.80. The van der Waals surface area contributed by atoms with Crippen LogP contribution in [0, 0.1) is 0 Å². The standard InChI is InChI=1S/C17H21Cl2N3O3.ClH/c18-12-2-1-3-13(19)14(12)15(23)21-6-8-22(9-7-21)16(24)17(20)4-10-25-11-5-17;/h1-3H,4-11,20H2;1H. The van der Waals surface area contributed by atoms with Gasteiger partial charge in [-0.1, -0.05) is 29.3 Å². The van der Waals surface area contributed by atoms with Crippen molar-refractivity contribution in [3.8, 4) is 0 Å². The average molecular weight is 423 g/mol. The van der Waals surface area contributed by atoms with Gasteiger partial charge in [-0.3, -0.25) is 9.59 Å². The highest BCUT2D eigenvalue weighted by atomic mass is 35.5. The summed E-state index contributed by atoms with van der Waals surface area (Å²) in [5.41, 5.74) is 5.73. The summed E-state index contributed by atoms with van der Waals surface area (Å²) < 4.78 is 5.29. The second kappa shape index (κ2) is 8.76. The third-order valence-corrected chi connectivity index (χ3v) is 5.47. The van der Waals surface area contributed by atoms with E-state index < -0.39 is 5.54 Å². The molecule has 6 nitrogen and oxygen atoms in total. The van der Waals surface area contributed by atoms with Crippen molar-refractivity contribution in [3.05, 3.63) is 33.8 Å². The number of carbonyl (C=O) groups excluding carboxylic acids is 2. The first kappa shape index (κ1) is 21.3. The molecule has 2 N–H and O–H groups in total. The molecule has 0 atom stereocenters. The van der Waals surface area contributed by atoms with Gasteiger partial charge in [0, 0.05) is 39.4 Å². The summed E-state index contributed by atoms with van der Waals surface area (Å²) in [5, 5.41) is 0.665. The molecule has 26 heavy (non-hydrogen) atoms. The van der Waals surface area contributed by atoms with Crippen molar-refractivity contribution in [2.45, 2.75) is 18.4 Å². The quantitative estimate of drug-likeness (QED) is 0.793. The van der Waals surface area contributed by atoms with E-state index in [9.17, 15) is 9.59 Å². The molecular weight excluding hydrogens is 401 g/mol. The first-order valence-corrected chi connectivity index (χ1v) is 9.07. The Morgan fingerprint density at radius 3 is 2.04 bits per heavy atom. The molecule has 144 valence electrons. The summed E-state index contributed by atoms with van der Waals surface area (Å²) in [7, 11) is 0. The number of ether oxygens (including phenoxy) is 1. The highest BCUT2D eigenvalue weighted by molar-refractivity contribution is 6.39. The van der Waals surface area contributed by atoms with Crippen molar-refractivity contribution in [2.24, 2.45) is 5.73 Å². The van der Waals surface area contributed by atoms with Gasteiger partial charge in [0.05, 0.1) is 21.1 Å². The van der Waals surface area contributed by atoms with E-state index >= 15 is 0 Å². The van der Waals surface area contributed by atoms with Gasteiger partial charge in [-0.15, -0.1) is 12.4 Å². The Hall–Kier alpha value is -1.05. The van der Waals surface area contributed by atoms with Crippen molar-refractivity contribution in [1.29, 1.82) is 0 Å². The Labute approximate surface area is 168 Å². The smallest absolute Gasteiger partial charge is 0.257 e. The van der Waals surface area contributed by atoms with Crippen LogP contribution in [0.3, 0.4) is 0 Å². The van der Waals surface area contributed by atoms with E-state index in [0.717, 1.165) is 0 Å². The molecule has 0 spiro atoms. The number of piperazine rings is 1. The normalized spacial score (nSPS) is 19.7. The molecule has 0 aliphatic carbocycles. The first-order chi connectivity index (χ1) is 11.9. The van der Waals surface area contributed by atoms with Gasteiger partial charge in [-0.05, 0) is 25.0 Å². The lowest BCUT2D eigenvalue weighted by Crippen LogP contribution is -2.61. The van der Waals surface area contributed by atoms with E-state index in [0.29, 0.717) is 67.8 Å². The monoisotopic (exact) mass is 421 g/mol. The van der Waals surface area contributed by atoms with Gasteiger partial charge in [0.15, 0.2) is 0 Å². The maximum atomic E-state index is 12.7. The zero-order valence-corrected chi connectivity index (χ0v) is 16.6. The number of nitrogens with two attached hydrogens (primary N) is 1. The third kappa shape index (κ3) is 4.26. The minimum absolute atomic E-state index is 0. The molecule has 0 unspecified atom stereocenters. The summed E-state index contributed by atoms with van der Waals surface area (Å²) >= 11 is 12.2. The highest BCUT2D eigenvalue weighted by Gasteiger charge is 2.40. The molecule has 1 aromatic rings. The van der Waals surface area contributed by atoms with Crippen LogP contribution < -0.4 is 5.73 Å². The molecular formula is C17H22Cl3N3O3. The molecule has 9 heteroatoms. The number of halogens is 3. The lowest BCUT2D eigenvalue weighted by molar-refractivity contribution is -0.142. The number of hydrogen-bond donors (Lipinski definition) is 1. The van der Waals surface area contributed by atoms with E-state index in [4.69, 9.17) is 33.7 Å². The Morgan fingerprint density at radius 1 is 1.00 bits per heavy atom. The second-order valence-corrected chi connectivity index (χ2v) is 7.26. The number of carbonyl (C=O) groups is 2. The van der Waals surface area contributed by atoms with Crippen LogP contribution in [0.4, 0.5) is 0 Å². The molecule has 3 rings (SSSR count). The van der Waals surface area contributed by atoms with Gasteiger partial charge in [0.25, 0.3) is 5.91 Å². The maximum Gasteiger partial charge on any atom is 0.257 e. The van der Waals surface area contributed by atoms with Crippen LogP contribution in [0.2, 0.25) is 10.0 Å². The Morgan fingerprint density at radius 2 is 1.50 bits per heavy atom. The highest BCUT2D eigenvalue weighted by Crippen LogP contribution is 2.27. The number of amides is 2. The van der Waals surface area contributed by atoms with Gasteiger partial charge in [-0.2, -0.15) is 0 Å². The molecule has 2 fully saturated rings. The van der Waals surface area contributed by atoms with Crippen molar-refractivity contribution in [1.82, 2.24) is 9.80 Å². The molecule has 2 aliphatic rings. The molecule has 2 heterocycles. The first-order valence-electron chi connectivity index (χ1n) is 8.32. The number of rotatable bonds is 2. The Balaban J connectivity index is 0.00000243. The van der Waals surface area contributed by atoms with Gasteiger partial charge in [0.2, 0.25) is 5.91 Å². The van der Waals surface area contributed by atoms with Crippen LogP contribution in [-0.4, -0.2) is 66.5 Å². The minimum atomic E-state index is -0.851. The predicted molar refractivity (Wildman–Crippen MR) is 103 cm³/mol. The van der Waals surface area contributed by atoms with E-state index in [-0.39, 0.29) is 24.2 Å². The van der Waals surface area contributed by atoms with E-state index in [1.54, 1.807) is 28.0 Å². The van der Waals surface area contributed by atoms with Gasteiger partial charge >= 0.3 is 0 Å². The van der Waals surface area contributed by atoms with Crippen LogP contribution in [0.1, 0.15) is 23.2 Å². The number of hydrogen-bond acceptors (Lipinski definition) is 4. The van der Waals surface area contributed by atoms with Crippen LogP contribution in [0.25, 0.3) is 0 Å². The van der Waals surface area contributed by atoms with E-state index in [1.807, 2.05) is 0 Å². The Bertz CT molecular complexity index is 652.